The van der Waals surface area contributed by atoms with E-state index in [1.165, 1.54) is 0 Å². The largest absolute Gasteiger partial charge is 0.497 e. The van der Waals surface area contributed by atoms with Gasteiger partial charge in [-0.2, -0.15) is 11.8 Å². The van der Waals surface area contributed by atoms with Crippen LogP contribution in [0.4, 0.5) is 0 Å². The van der Waals surface area contributed by atoms with E-state index in [-0.39, 0.29) is 11.9 Å². The molecule has 0 spiro atoms. The number of benzene rings is 2. The van der Waals surface area contributed by atoms with Crippen molar-refractivity contribution in [2.45, 2.75) is 25.4 Å². The van der Waals surface area contributed by atoms with Crippen LogP contribution in [0, 0.1) is 0 Å². The van der Waals surface area contributed by atoms with Gasteiger partial charge in [-0.1, -0.05) is 12.1 Å². The van der Waals surface area contributed by atoms with Gasteiger partial charge in [-0.15, -0.1) is 0 Å². The molecule has 0 bridgehead atoms. The molecule has 6 nitrogen and oxygen atoms in total. The SMILES string of the molecule is COc1ccc2c(ccn2CCC(=O)N[C@H](CCSC)c2nc3ccccc3n2C)c1. The Bertz CT molecular complexity index is 1200. The summed E-state index contributed by atoms with van der Waals surface area (Å²) in [5, 5.41) is 4.34. The lowest BCUT2D eigenvalue weighted by Gasteiger charge is -2.18. The van der Waals surface area contributed by atoms with E-state index in [1.807, 2.05) is 49.6 Å². The normalized spacial score (nSPS) is 12.4. The number of nitrogens with one attached hydrogen (secondary N) is 1. The fraction of sp³-hybridized carbons (Fsp3) is 0.333. The molecule has 0 radical (unpaired) electrons. The van der Waals surface area contributed by atoms with E-state index in [2.05, 4.69) is 32.8 Å². The molecule has 2 aromatic carbocycles. The summed E-state index contributed by atoms with van der Waals surface area (Å²) in [5.74, 6) is 2.73. The molecule has 1 N–H and O–H groups in total. The zero-order valence-corrected chi connectivity index (χ0v) is 19.0. The summed E-state index contributed by atoms with van der Waals surface area (Å²) >= 11 is 1.78. The predicted octanol–water partition coefficient (Wildman–Crippen LogP) is 4.54. The third kappa shape index (κ3) is 4.56. The minimum Gasteiger partial charge on any atom is -0.497 e. The summed E-state index contributed by atoms with van der Waals surface area (Å²) in [6.07, 6.45) is 5.36. The fourth-order valence-electron chi connectivity index (χ4n) is 3.97. The molecule has 0 unspecified atom stereocenters. The molecule has 0 aliphatic carbocycles. The molecule has 2 aromatic heterocycles. The molecular weight excluding hydrogens is 408 g/mol. The summed E-state index contributed by atoms with van der Waals surface area (Å²) in [7, 11) is 3.68. The topological polar surface area (TPSA) is 61.1 Å². The van der Waals surface area contributed by atoms with Crippen LogP contribution in [0.3, 0.4) is 0 Å². The van der Waals surface area contributed by atoms with Crippen LogP contribution in [0.1, 0.15) is 24.7 Å². The number of carbonyl (C=O) groups is 1. The molecule has 7 heteroatoms. The second-order valence-electron chi connectivity index (χ2n) is 7.60. The van der Waals surface area contributed by atoms with Crippen LogP contribution >= 0.6 is 11.8 Å². The van der Waals surface area contributed by atoms with Crippen LogP contribution in [0.25, 0.3) is 21.9 Å². The number of methoxy groups -OCH3 is 1. The monoisotopic (exact) mass is 436 g/mol. The second-order valence-corrected chi connectivity index (χ2v) is 8.59. The van der Waals surface area contributed by atoms with Gasteiger partial charge in [-0.25, -0.2) is 4.98 Å². The molecule has 0 saturated carbocycles. The predicted molar refractivity (Wildman–Crippen MR) is 128 cm³/mol. The zero-order valence-electron chi connectivity index (χ0n) is 18.2. The van der Waals surface area contributed by atoms with Crippen molar-refractivity contribution >= 4 is 39.6 Å². The van der Waals surface area contributed by atoms with Gasteiger partial charge in [-0.05, 0) is 54.8 Å². The lowest BCUT2D eigenvalue weighted by Crippen LogP contribution is -2.31. The first kappa shape index (κ1) is 21.3. The first-order valence-electron chi connectivity index (χ1n) is 10.4. The number of para-hydroxylation sites is 2. The van der Waals surface area contributed by atoms with Gasteiger partial charge in [0, 0.05) is 37.1 Å². The van der Waals surface area contributed by atoms with Crippen LogP contribution in [0.2, 0.25) is 0 Å². The van der Waals surface area contributed by atoms with Crippen molar-refractivity contribution in [2.24, 2.45) is 7.05 Å². The van der Waals surface area contributed by atoms with E-state index in [9.17, 15) is 4.79 Å². The van der Waals surface area contributed by atoms with Crippen LogP contribution < -0.4 is 10.1 Å². The Morgan fingerprint density at radius 1 is 1.19 bits per heavy atom. The second kappa shape index (κ2) is 9.47. The number of amides is 1. The average Bonchev–Trinajstić information content (AvgIpc) is 3.35. The number of hydrogen-bond acceptors (Lipinski definition) is 4. The van der Waals surface area contributed by atoms with Crippen molar-refractivity contribution in [3.05, 3.63) is 60.6 Å². The van der Waals surface area contributed by atoms with E-state index in [0.717, 1.165) is 45.7 Å². The van der Waals surface area contributed by atoms with Crippen LogP contribution in [0.5, 0.6) is 5.75 Å². The molecule has 0 fully saturated rings. The third-order valence-electron chi connectivity index (χ3n) is 5.64. The Hall–Kier alpha value is -2.93. The van der Waals surface area contributed by atoms with Crippen LogP contribution in [-0.4, -0.2) is 39.1 Å². The lowest BCUT2D eigenvalue weighted by molar-refractivity contribution is -0.122. The maximum absolute atomic E-state index is 12.9. The number of fused-ring (bicyclic) bond motifs is 2. The highest BCUT2D eigenvalue weighted by atomic mass is 32.2. The van der Waals surface area contributed by atoms with E-state index in [4.69, 9.17) is 9.72 Å². The molecule has 1 atom stereocenters. The van der Waals surface area contributed by atoms with E-state index < -0.39 is 0 Å². The standard InChI is InChI=1S/C24H28N4O2S/c1-27-22-7-5-4-6-19(22)26-24(27)20(12-15-31-3)25-23(29)11-14-28-13-10-17-16-18(30-2)8-9-21(17)28/h4-10,13,16,20H,11-12,14-15H2,1-3H3,(H,25,29)/t20-/m1/s1. The van der Waals surface area contributed by atoms with E-state index in [1.54, 1.807) is 18.9 Å². The number of imidazole rings is 1. The minimum atomic E-state index is -0.108. The maximum Gasteiger partial charge on any atom is 0.222 e. The summed E-state index contributed by atoms with van der Waals surface area (Å²) in [6.45, 7) is 0.624. The molecular formula is C24H28N4O2S. The summed E-state index contributed by atoms with van der Waals surface area (Å²) in [4.78, 5) is 17.7. The Kier molecular flexibility index (Phi) is 6.51. The Labute approximate surface area is 186 Å². The smallest absolute Gasteiger partial charge is 0.222 e. The van der Waals surface area contributed by atoms with Crippen LogP contribution in [0.15, 0.2) is 54.7 Å². The van der Waals surface area contributed by atoms with Crippen molar-refractivity contribution in [1.29, 1.82) is 0 Å². The molecule has 0 aliphatic rings. The number of aromatic nitrogens is 3. The van der Waals surface area contributed by atoms with Gasteiger partial charge in [0.25, 0.3) is 0 Å². The number of hydrogen-bond donors (Lipinski definition) is 1. The maximum atomic E-state index is 12.9. The molecule has 1 amide bonds. The van der Waals surface area contributed by atoms with E-state index >= 15 is 0 Å². The minimum absolute atomic E-state index is 0.0357. The molecule has 2 heterocycles. The van der Waals surface area contributed by atoms with Gasteiger partial charge in [0.2, 0.25) is 5.91 Å². The van der Waals surface area contributed by atoms with Crippen molar-refractivity contribution in [3.63, 3.8) is 0 Å². The Balaban J connectivity index is 1.47. The van der Waals surface area contributed by atoms with Crippen molar-refractivity contribution in [1.82, 2.24) is 19.4 Å². The zero-order chi connectivity index (χ0) is 21.8. The van der Waals surface area contributed by atoms with Gasteiger partial charge in [-0.3, -0.25) is 4.79 Å². The highest BCUT2D eigenvalue weighted by molar-refractivity contribution is 7.98. The van der Waals surface area contributed by atoms with Crippen LogP contribution in [-0.2, 0) is 18.4 Å². The van der Waals surface area contributed by atoms with Gasteiger partial charge in [0.05, 0.1) is 24.2 Å². The Morgan fingerprint density at radius 2 is 2.03 bits per heavy atom. The number of nitrogens with zero attached hydrogens (tertiary/aromatic N) is 3. The summed E-state index contributed by atoms with van der Waals surface area (Å²) in [5.41, 5.74) is 3.13. The van der Waals surface area contributed by atoms with Gasteiger partial charge in [0.1, 0.15) is 11.6 Å². The molecule has 31 heavy (non-hydrogen) atoms. The summed E-state index contributed by atoms with van der Waals surface area (Å²) in [6, 6.07) is 16.0. The number of ether oxygens (including phenoxy) is 1. The molecule has 4 rings (SSSR count). The first-order valence-corrected chi connectivity index (χ1v) is 11.8. The van der Waals surface area contributed by atoms with Crippen molar-refractivity contribution in [3.8, 4) is 5.75 Å². The lowest BCUT2D eigenvalue weighted by atomic mass is 10.2. The third-order valence-corrected chi connectivity index (χ3v) is 6.28. The number of thioether (sulfide) groups is 1. The van der Waals surface area contributed by atoms with Gasteiger partial charge >= 0.3 is 0 Å². The molecule has 0 saturated heterocycles. The highest BCUT2D eigenvalue weighted by Gasteiger charge is 2.20. The van der Waals surface area contributed by atoms with Gasteiger partial charge in [0.15, 0.2) is 0 Å². The molecule has 162 valence electrons. The first-order chi connectivity index (χ1) is 15.1. The average molecular weight is 437 g/mol. The number of aryl methyl sites for hydroxylation is 2. The summed E-state index contributed by atoms with van der Waals surface area (Å²) < 4.78 is 9.50. The highest BCUT2D eigenvalue weighted by Crippen LogP contribution is 2.24. The molecule has 0 aliphatic heterocycles. The quantitative estimate of drug-likeness (QED) is 0.419. The fourth-order valence-corrected chi connectivity index (χ4v) is 4.44. The molecule has 4 aromatic rings. The van der Waals surface area contributed by atoms with Gasteiger partial charge < -0.3 is 19.2 Å². The van der Waals surface area contributed by atoms with Crippen molar-refractivity contribution < 1.29 is 9.53 Å². The van der Waals surface area contributed by atoms with E-state index in [0.29, 0.717) is 13.0 Å². The number of rotatable bonds is 9. The Morgan fingerprint density at radius 3 is 2.81 bits per heavy atom. The van der Waals surface area contributed by atoms with Crippen molar-refractivity contribution in [2.75, 3.05) is 19.1 Å². The number of carbonyl (C=O) groups excluding carboxylic acids is 1.